The van der Waals surface area contributed by atoms with Crippen LogP contribution in [-0.2, 0) is 32.7 Å². The summed E-state index contributed by atoms with van der Waals surface area (Å²) >= 11 is 0. The van der Waals surface area contributed by atoms with Gasteiger partial charge >= 0.3 is 0 Å². The van der Waals surface area contributed by atoms with E-state index in [-0.39, 0.29) is 32.7 Å². The molecule has 2 heteroatoms. The Morgan fingerprint density at radius 1 is 1.50 bits per heavy atom. The first-order valence-electron chi connectivity index (χ1n) is 2.87. The van der Waals surface area contributed by atoms with Crippen LogP contribution in [-0.4, -0.2) is 4.98 Å². The molecule has 1 aromatic heterocycles. The average Bonchev–Trinajstić information content (AvgIpc) is 2.15. The van der Waals surface area contributed by atoms with Crippen LogP contribution in [0.2, 0.25) is 0 Å². The Kier molecular flexibility index (Phi) is 4.15. The summed E-state index contributed by atoms with van der Waals surface area (Å²) in [4.78, 5) is 2.95. The third-order valence-electron chi connectivity index (χ3n) is 1.52. The number of rotatable bonds is 1. The van der Waals surface area contributed by atoms with Gasteiger partial charge in [-0.25, -0.2) is 5.56 Å². The van der Waals surface area contributed by atoms with Crippen LogP contribution in [0.1, 0.15) is 16.8 Å². The van der Waals surface area contributed by atoms with Crippen LogP contribution in [0.4, 0.5) is 0 Å². The topological polar surface area (TPSA) is 15.8 Å². The van der Waals surface area contributed by atoms with E-state index in [4.69, 9.17) is 6.58 Å². The Morgan fingerprint density at radius 2 is 2.10 bits per heavy atom. The molecule has 1 N–H and O–H groups in total. The van der Waals surface area contributed by atoms with E-state index < -0.39 is 0 Å². The van der Waals surface area contributed by atoms with Crippen molar-refractivity contribution in [3.05, 3.63) is 29.6 Å². The first-order chi connectivity index (χ1) is 4.25. The number of hydrogen-bond donors (Lipinski definition) is 1. The van der Waals surface area contributed by atoms with Gasteiger partial charge < -0.3 is 17.6 Å². The molecule has 1 aromatic rings. The van der Waals surface area contributed by atoms with E-state index in [2.05, 4.69) is 11.2 Å². The summed E-state index contributed by atoms with van der Waals surface area (Å²) in [5.74, 6) is 0. The molecule has 0 atom stereocenters. The third kappa shape index (κ3) is 1.80. The monoisotopic (exact) mass is 208 g/mol. The number of aromatic nitrogens is 1. The van der Waals surface area contributed by atoms with Crippen LogP contribution in [0.25, 0.3) is 6.08 Å². The fourth-order valence-electron chi connectivity index (χ4n) is 0.717. The molecule has 0 bridgehead atoms. The first kappa shape index (κ1) is 10.1. The predicted molar refractivity (Wildman–Crippen MR) is 37.9 cm³/mol. The number of H-pyrrole nitrogens is 1. The molecule has 0 amide bonds. The van der Waals surface area contributed by atoms with E-state index in [1.54, 1.807) is 6.08 Å². The van der Waals surface area contributed by atoms with Crippen molar-refractivity contribution in [1.82, 2.24) is 4.98 Å². The van der Waals surface area contributed by atoms with Crippen molar-refractivity contribution in [3.63, 3.8) is 0 Å². The molecule has 0 spiro atoms. The molecule has 0 aliphatic rings. The van der Waals surface area contributed by atoms with Crippen LogP contribution in [0.15, 0.2) is 0 Å². The summed E-state index contributed by atoms with van der Waals surface area (Å²) in [5.41, 5.74) is 3.27. The van der Waals surface area contributed by atoms with E-state index in [0.29, 0.717) is 0 Å². The Morgan fingerprint density at radius 3 is 2.30 bits per heavy atom. The molecule has 0 aliphatic carbocycles. The van der Waals surface area contributed by atoms with Gasteiger partial charge in [0.2, 0.25) is 0 Å². The van der Waals surface area contributed by atoms with Gasteiger partial charge in [-0.3, -0.25) is 5.56 Å². The molecule has 0 fully saturated rings. The van der Waals surface area contributed by atoms with Gasteiger partial charge in [0.05, 0.1) is 0 Å². The molecule has 10 heavy (non-hydrogen) atoms. The van der Waals surface area contributed by atoms with Gasteiger partial charge in [-0.15, -0.1) is 5.69 Å². The van der Waals surface area contributed by atoms with Crippen LogP contribution in [0.3, 0.4) is 0 Å². The Labute approximate surface area is 86.8 Å². The smallest absolute Gasteiger partial charge is 0 e. The van der Waals surface area contributed by atoms with E-state index in [1.807, 2.05) is 13.8 Å². The Hall–Kier alpha value is 0.124. The molecule has 0 aromatic carbocycles. The summed E-state index contributed by atoms with van der Waals surface area (Å²) in [5, 5.41) is 0. The van der Waals surface area contributed by atoms with Crippen molar-refractivity contribution >= 4 is 6.08 Å². The maximum absolute atomic E-state index is 5.29. The maximum Gasteiger partial charge on any atom is 0 e. The zero-order valence-corrected chi connectivity index (χ0v) is 9.07. The van der Waals surface area contributed by atoms with Crippen molar-refractivity contribution < 1.29 is 32.7 Å². The van der Waals surface area contributed by atoms with Crippen molar-refractivity contribution in [2.24, 2.45) is 0 Å². The van der Waals surface area contributed by atoms with E-state index in [1.165, 1.54) is 5.56 Å². The third-order valence-corrected chi connectivity index (χ3v) is 1.52. The van der Waals surface area contributed by atoms with Crippen molar-refractivity contribution in [2.75, 3.05) is 0 Å². The molecular formula is C8H9NY-2. The van der Waals surface area contributed by atoms with Gasteiger partial charge in [-0.05, 0) is 0 Å². The van der Waals surface area contributed by atoms with Gasteiger partial charge in [0.1, 0.15) is 0 Å². The molecule has 0 aliphatic heterocycles. The maximum atomic E-state index is 5.29. The van der Waals surface area contributed by atoms with E-state index in [9.17, 15) is 0 Å². The SMILES string of the molecule is [CH-]=Cc1[c-][nH]c(C)c1C.[Y]. The van der Waals surface area contributed by atoms with E-state index >= 15 is 0 Å². The van der Waals surface area contributed by atoms with Crippen molar-refractivity contribution in [3.8, 4) is 0 Å². The molecule has 1 radical (unpaired) electrons. The minimum atomic E-state index is 0. The van der Waals surface area contributed by atoms with Gasteiger partial charge in [-0.2, -0.15) is 6.20 Å². The van der Waals surface area contributed by atoms with Gasteiger partial charge in [0, 0.05) is 32.7 Å². The Balaban J connectivity index is 0.000000810. The molecule has 1 heterocycles. The normalized spacial score (nSPS) is 8.60. The van der Waals surface area contributed by atoms with Crippen molar-refractivity contribution in [2.45, 2.75) is 13.8 Å². The fourth-order valence-corrected chi connectivity index (χ4v) is 0.717. The van der Waals surface area contributed by atoms with Gasteiger partial charge in [-0.1, -0.05) is 13.8 Å². The first-order valence-corrected chi connectivity index (χ1v) is 2.87. The average molecular weight is 208 g/mol. The van der Waals surface area contributed by atoms with Crippen LogP contribution < -0.4 is 0 Å². The summed E-state index contributed by atoms with van der Waals surface area (Å²) in [6.45, 7) is 9.30. The molecule has 0 unspecified atom stereocenters. The van der Waals surface area contributed by atoms with Crippen LogP contribution >= 0.6 is 0 Å². The summed E-state index contributed by atoms with van der Waals surface area (Å²) in [6.07, 6.45) is 4.47. The van der Waals surface area contributed by atoms with Crippen LogP contribution in [0, 0.1) is 26.6 Å². The quantitative estimate of drug-likeness (QED) is 0.678. The molecule has 0 saturated carbocycles. The summed E-state index contributed by atoms with van der Waals surface area (Å²) in [6, 6.07) is 0. The van der Waals surface area contributed by atoms with Crippen molar-refractivity contribution in [1.29, 1.82) is 0 Å². The number of aryl methyl sites for hydroxylation is 1. The largest absolute Gasteiger partial charge is 0.469 e. The second-order valence-electron chi connectivity index (χ2n) is 2.08. The van der Waals surface area contributed by atoms with E-state index in [0.717, 1.165) is 11.3 Å². The molecule has 1 nitrogen and oxygen atoms in total. The number of hydrogen-bond acceptors (Lipinski definition) is 0. The van der Waals surface area contributed by atoms with Gasteiger partial charge in [0.25, 0.3) is 0 Å². The predicted octanol–water partition coefficient (Wildman–Crippen LogP) is 1.88. The summed E-state index contributed by atoms with van der Waals surface area (Å²) in [7, 11) is 0. The standard InChI is InChI=1S/C8H9N.Y/c1-4-8-5-9-7(3)6(8)2;/h1,4,9H,2-3H3;/q-2;. The molecular weight excluding hydrogens is 199 g/mol. The number of nitrogens with one attached hydrogen (secondary N) is 1. The fraction of sp³-hybridized carbons (Fsp3) is 0.250. The second-order valence-corrected chi connectivity index (χ2v) is 2.08. The molecule has 51 valence electrons. The Bertz CT molecular complexity index is 225. The molecule has 0 saturated heterocycles. The minimum Gasteiger partial charge on any atom is -0.469 e. The molecule has 1 rings (SSSR count). The zero-order chi connectivity index (χ0) is 6.85. The zero-order valence-electron chi connectivity index (χ0n) is 6.23. The number of aromatic amines is 1. The second kappa shape index (κ2) is 4.10. The van der Waals surface area contributed by atoms with Crippen LogP contribution in [0.5, 0.6) is 0 Å². The summed E-state index contributed by atoms with van der Waals surface area (Å²) < 4.78 is 0. The minimum absolute atomic E-state index is 0. The van der Waals surface area contributed by atoms with Gasteiger partial charge in [0.15, 0.2) is 0 Å².